The molecule has 22 heavy (non-hydrogen) atoms. The van der Waals surface area contributed by atoms with Gasteiger partial charge < -0.3 is 16.0 Å². The van der Waals surface area contributed by atoms with Crippen LogP contribution in [0.3, 0.4) is 0 Å². The van der Waals surface area contributed by atoms with Gasteiger partial charge in [-0.05, 0) is 43.5 Å². The van der Waals surface area contributed by atoms with Gasteiger partial charge in [-0.15, -0.1) is 0 Å². The summed E-state index contributed by atoms with van der Waals surface area (Å²) in [4.78, 5) is 27.4. The van der Waals surface area contributed by atoms with Crippen molar-refractivity contribution < 1.29 is 9.59 Å². The highest BCUT2D eigenvalue weighted by Gasteiger charge is 2.15. The highest BCUT2D eigenvalue weighted by molar-refractivity contribution is 5.78. The van der Waals surface area contributed by atoms with E-state index in [0.29, 0.717) is 31.8 Å². The largest absolute Gasteiger partial charge is 0.356 e. The van der Waals surface area contributed by atoms with Gasteiger partial charge in [-0.25, -0.2) is 0 Å². The fourth-order valence-corrected chi connectivity index (χ4v) is 2.49. The van der Waals surface area contributed by atoms with Crippen LogP contribution < -0.4 is 16.0 Å². The first kappa shape index (κ1) is 16.4. The Balaban J connectivity index is 1.51. The zero-order chi connectivity index (χ0) is 15.6. The first-order chi connectivity index (χ1) is 10.7. The summed E-state index contributed by atoms with van der Waals surface area (Å²) >= 11 is 0. The molecule has 1 aliphatic rings. The topological polar surface area (TPSA) is 83.1 Å². The Labute approximate surface area is 131 Å². The number of aromatic nitrogens is 1. The normalized spacial score (nSPS) is 17.2. The van der Waals surface area contributed by atoms with Crippen molar-refractivity contribution in [2.24, 2.45) is 5.92 Å². The number of pyridine rings is 1. The van der Waals surface area contributed by atoms with E-state index in [1.54, 1.807) is 12.4 Å². The highest BCUT2D eigenvalue weighted by Crippen LogP contribution is 2.13. The van der Waals surface area contributed by atoms with E-state index in [9.17, 15) is 9.59 Å². The molecule has 0 spiro atoms. The second-order valence-electron chi connectivity index (χ2n) is 5.64. The number of hydrogen-bond acceptors (Lipinski definition) is 4. The van der Waals surface area contributed by atoms with Crippen LogP contribution in [0, 0.1) is 5.92 Å². The number of hydrogen-bond donors (Lipinski definition) is 3. The lowest BCUT2D eigenvalue weighted by Gasteiger charge is -2.09. The standard InChI is InChI=1S/C16H24N4O2/c21-15(4-3-13-5-8-18-10-13)19-9-6-16(22)20-12-14-2-1-7-17-11-14/h1-2,7,11,13,18H,3-6,8-10,12H2,(H,19,21)(H,20,22). The van der Waals surface area contributed by atoms with Crippen molar-refractivity contribution in [3.63, 3.8) is 0 Å². The van der Waals surface area contributed by atoms with E-state index in [1.807, 2.05) is 12.1 Å². The fourth-order valence-electron chi connectivity index (χ4n) is 2.49. The molecule has 0 aliphatic carbocycles. The maximum absolute atomic E-state index is 11.7. The number of carbonyl (C=O) groups excluding carboxylic acids is 2. The predicted octanol–water partition coefficient (Wildman–Crippen LogP) is 0.594. The van der Waals surface area contributed by atoms with Gasteiger partial charge in [0.1, 0.15) is 0 Å². The van der Waals surface area contributed by atoms with Gasteiger partial charge in [0.05, 0.1) is 0 Å². The van der Waals surface area contributed by atoms with E-state index in [-0.39, 0.29) is 11.8 Å². The Morgan fingerprint density at radius 1 is 1.27 bits per heavy atom. The number of rotatable bonds is 8. The van der Waals surface area contributed by atoms with Crippen LogP contribution in [0.5, 0.6) is 0 Å². The third kappa shape index (κ3) is 6.22. The quantitative estimate of drug-likeness (QED) is 0.656. The maximum Gasteiger partial charge on any atom is 0.222 e. The van der Waals surface area contributed by atoms with Crippen LogP contribution in [0.4, 0.5) is 0 Å². The molecule has 3 N–H and O–H groups in total. The summed E-state index contributed by atoms with van der Waals surface area (Å²) in [6.45, 7) is 2.93. The van der Waals surface area contributed by atoms with Crippen LogP contribution in [-0.2, 0) is 16.1 Å². The molecule has 2 amide bonds. The second-order valence-corrected chi connectivity index (χ2v) is 5.64. The van der Waals surface area contributed by atoms with E-state index in [1.165, 1.54) is 0 Å². The van der Waals surface area contributed by atoms with E-state index in [4.69, 9.17) is 0 Å². The molecule has 2 rings (SSSR count). The van der Waals surface area contributed by atoms with Gasteiger partial charge in [0.15, 0.2) is 0 Å². The molecule has 1 aromatic heterocycles. The molecule has 6 heteroatoms. The smallest absolute Gasteiger partial charge is 0.222 e. The predicted molar refractivity (Wildman–Crippen MR) is 83.9 cm³/mol. The van der Waals surface area contributed by atoms with Gasteiger partial charge in [-0.1, -0.05) is 6.07 Å². The second kappa shape index (κ2) is 9.15. The summed E-state index contributed by atoms with van der Waals surface area (Å²) in [5.41, 5.74) is 0.963. The molecule has 0 bridgehead atoms. The van der Waals surface area contributed by atoms with Gasteiger partial charge in [0, 0.05) is 38.3 Å². The maximum atomic E-state index is 11.7. The van der Waals surface area contributed by atoms with Crippen LogP contribution in [0.15, 0.2) is 24.5 Å². The zero-order valence-electron chi connectivity index (χ0n) is 12.8. The molecule has 1 atom stereocenters. The zero-order valence-corrected chi connectivity index (χ0v) is 12.8. The van der Waals surface area contributed by atoms with Crippen LogP contribution in [0.1, 0.15) is 31.2 Å². The first-order valence-corrected chi connectivity index (χ1v) is 7.87. The Kier molecular flexibility index (Phi) is 6.83. The van der Waals surface area contributed by atoms with Crippen molar-refractivity contribution in [3.05, 3.63) is 30.1 Å². The molecular formula is C16H24N4O2. The molecular weight excluding hydrogens is 280 g/mol. The molecule has 1 aliphatic heterocycles. The summed E-state index contributed by atoms with van der Waals surface area (Å²) in [6.07, 6.45) is 6.35. The Morgan fingerprint density at radius 2 is 2.14 bits per heavy atom. The minimum absolute atomic E-state index is 0.0342. The number of nitrogens with zero attached hydrogens (tertiary/aromatic N) is 1. The molecule has 0 radical (unpaired) electrons. The number of carbonyl (C=O) groups is 2. The van der Waals surface area contributed by atoms with Crippen molar-refractivity contribution in [1.82, 2.24) is 20.9 Å². The van der Waals surface area contributed by atoms with Crippen molar-refractivity contribution in [2.75, 3.05) is 19.6 Å². The third-order valence-corrected chi connectivity index (χ3v) is 3.83. The summed E-state index contributed by atoms with van der Waals surface area (Å²) in [7, 11) is 0. The van der Waals surface area contributed by atoms with Crippen LogP contribution >= 0.6 is 0 Å². The molecule has 2 heterocycles. The minimum Gasteiger partial charge on any atom is -0.356 e. The molecule has 1 unspecified atom stereocenters. The van der Waals surface area contributed by atoms with Crippen molar-refractivity contribution >= 4 is 11.8 Å². The molecule has 0 saturated carbocycles. The van der Waals surface area contributed by atoms with Gasteiger partial charge in [-0.2, -0.15) is 0 Å². The Hall–Kier alpha value is -1.95. The Morgan fingerprint density at radius 3 is 2.86 bits per heavy atom. The van der Waals surface area contributed by atoms with Crippen molar-refractivity contribution in [3.8, 4) is 0 Å². The van der Waals surface area contributed by atoms with Crippen molar-refractivity contribution in [2.45, 2.75) is 32.2 Å². The lowest BCUT2D eigenvalue weighted by atomic mass is 10.0. The minimum atomic E-state index is -0.0656. The molecule has 1 saturated heterocycles. The average Bonchev–Trinajstić information content (AvgIpc) is 3.05. The summed E-state index contributed by atoms with van der Waals surface area (Å²) < 4.78 is 0. The summed E-state index contributed by atoms with van der Waals surface area (Å²) in [6, 6.07) is 3.74. The summed E-state index contributed by atoms with van der Waals surface area (Å²) in [5, 5.41) is 8.91. The number of amides is 2. The SMILES string of the molecule is O=C(CCC1CCNC1)NCCC(=O)NCc1cccnc1. The highest BCUT2D eigenvalue weighted by atomic mass is 16.2. The van der Waals surface area contributed by atoms with E-state index >= 15 is 0 Å². The van der Waals surface area contributed by atoms with E-state index < -0.39 is 0 Å². The fraction of sp³-hybridized carbons (Fsp3) is 0.562. The van der Waals surface area contributed by atoms with E-state index in [2.05, 4.69) is 20.9 Å². The first-order valence-electron chi connectivity index (χ1n) is 7.87. The molecule has 0 aromatic carbocycles. The average molecular weight is 304 g/mol. The lowest BCUT2D eigenvalue weighted by molar-refractivity contribution is -0.122. The molecule has 120 valence electrons. The molecule has 1 fully saturated rings. The van der Waals surface area contributed by atoms with Crippen LogP contribution in [0.25, 0.3) is 0 Å². The van der Waals surface area contributed by atoms with Crippen molar-refractivity contribution in [1.29, 1.82) is 0 Å². The number of nitrogens with one attached hydrogen (secondary N) is 3. The molecule has 6 nitrogen and oxygen atoms in total. The third-order valence-electron chi connectivity index (χ3n) is 3.83. The van der Waals surface area contributed by atoms with E-state index in [0.717, 1.165) is 31.5 Å². The summed E-state index contributed by atoms with van der Waals surface area (Å²) in [5.74, 6) is 0.588. The van der Waals surface area contributed by atoms with Gasteiger partial charge >= 0.3 is 0 Å². The molecule has 1 aromatic rings. The van der Waals surface area contributed by atoms with Gasteiger partial charge in [-0.3, -0.25) is 14.6 Å². The monoisotopic (exact) mass is 304 g/mol. The van der Waals surface area contributed by atoms with Crippen LogP contribution in [0.2, 0.25) is 0 Å². The lowest BCUT2D eigenvalue weighted by Crippen LogP contribution is -2.30. The Bertz CT molecular complexity index is 472. The van der Waals surface area contributed by atoms with Gasteiger partial charge in [0.25, 0.3) is 0 Å². The van der Waals surface area contributed by atoms with Crippen LogP contribution in [-0.4, -0.2) is 36.4 Å². The van der Waals surface area contributed by atoms with Gasteiger partial charge in [0.2, 0.25) is 11.8 Å².